The van der Waals surface area contributed by atoms with Gasteiger partial charge in [-0.05, 0) is 6.42 Å². The van der Waals surface area contributed by atoms with Crippen molar-refractivity contribution in [3.8, 4) is 0 Å². The van der Waals surface area contributed by atoms with E-state index in [0.29, 0.717) is 0 Å². The van der Waals surface area contributed by atoms with Gasteiger partial charge in [-0.15, -0.1) is 0 Å². The largest absolute Gasteiger partial charge is 1.00 e. The van der Waals surface area contributed by atoms with Crippen LogP contribution in [0.2, 0.25) is 0 Å². The molecule has 0 aromatic carbocycles. The second-order valence-corrected chi connectivity index (χ2v) is 2.69. The van der Waals surface area contributed by atoms with Crippen molar-refractivity contribution < 1.29 is 28.3 Å². The zero-order valence-corrected chi connectivity index (χ0v) is 6.93. The molecule has 2 nitrogen and oxygen atoms in total. The molecule has 1 heterocycles. The van der Waals surface area contributed by atoms with Gasteiger partial charge in [0.15, 0.2) is 0 Å². The predicted molar refractivity (Wildman–Crippen MR) is 36.3 cm³/mol. The van der Waals surface area contributed by atoms with Gasteiger partial charge in [0.25, 0.3) is 0 Å². The zero-order valence-electron chi connectivity index (χ0n) is 6.93. The molecule has 0 aromatic heterocycles. The molecule has 11 heavy (non-hydrogen) atoms. The van der Waals surface area contributed by atoms with Gasteiger partial charge in [-0.1, -0.05) is 12.8 Å². The van der Waals surface area contributed by atoms with E-state index in [0.717, 1.165) is 32.5 Å². The van der Waals surface area contributed by atoms with E-state index in [2.05, 4.69) is 6.08 Å². The summed E-state index contributed by atoms with van der Waals surface area (Å²) in [6.07, 6.45) is 8.40. The summed E-state index contributed by atoms with van der Waals surface area (Å²) in [4.78, 5) is 0. The van der Waals surface area contributed by atoms with Crippen molar-refractivity contribution >= 4 is 0 Å². The summed E-state index contributed by atoms with van der Waals surface area (Å²) >= 11 is 0. The summed E-state index contributed by atoms with van der Waals surface area (Å²) in [7, 11) is 0. The molecule has 0 aromatic rings. The molecular weight excluding hydrogens is 135 g/mol. The molecule has 1 fully saturated rings. The Morgan fingerprint density at radius 1 is 1.27 bits per heavy atom. The number of hydrogen-bond acceptors (Lipinski definition) is 2. The fourth-order valence-corrected chi connectivity index (χ4v) is 1.42. The summed E-state index contributed by atoms with van der Waals surface area (Å²) < 4.78 is 10.8. The first-order chi connectivity index (χ1) is 4.91. The van der Waals surface area contributed by atoms with Gasteiger partial charge in [0.1, 0.15) is 0 Å². The number of hydrogen-bond donors (Lipinski definition) is 0. The van der Waals surface area contributed by atoms with Crippen LogP contribution in [0.1, 0.15) is 19.3 Å². The van der Waals surface area contributed by atoms with Gasteiger partial charge in [0, 0.05) is 5.79 Å². The van der Waals surface area contributed by atoms with Gasteiger partial charge >= 0.3 is 18.9 Å². The predicted octanol–water partition coefficient (Wildman–Crippen LogP) is -1.72. The van der Waals surface area contributed by atoms with Gasteiger partial charge in [-0.25, -0.2) is 0 Å². The van der Waals surface area contributed by atoms with Gasteiger partial charge < -0.3 is 15.5 Å². The molecule has 0 amide bonds. The van der Waals surface area contributed by atoms with Crippen LogP contribution in [0.15, 0.2) is 6.08 Å². The maximum absolute atomic E-state index is 5.42. The minimum atomic E-state index is -0.432. The van der Waals surface area contributed by atoms with E-state index in [4.69, 9.17) is 9.47 Å². The van der Waals surface area contributed by atoms with Crippen LogP contribution in [0.5, 0.6) is 0 Å². The van der Waals surface area contributed by atoms with Crippen LogP contribution in [0.4, 0.5) is 0 Å². The number of rotatable bonds is 0. The van der Waals surface area contributed by atoms with Crippen molar-refractivity contribution in [3.63, 3.8) is 0 Å². The topological polar surface area (TPSA) is 18.5 Å². The van der Waals surface area contributed by atoms with Crippen molar-refractivity contribution in [2.75, 3.05) is 13.2 Å². The standard InChI is InChI=1S/C8H11O2.Li/c1-2-4-8(5-3-1)9-6-7-10-8;/h2H,1,3,5-7H2;/q-1;+1. The van der Waals surface area contributed by atoms with E-state index < -0.39 is 5.79 Å². The van der Waals surface area contributed by atoms with Crippen LogP contribution in [0.25, 0.3) is 0 Å². The first-order valence-electron chi connectivity index (χ1n) is 3.79. The summed E-state index contributed by atoms with van der Waals surface area (Å²) in [5, 5.41) is 0. The van der Waals surface area contributed by atoms with E-state index in [1.165, 1.54) is 0 Å². The van der Waals surface area contributed by atoms with Crippen LogP contribution < -0.4 is 18.9 Å². The molecule has 56 valence electrons. The van der Waals surface area contributed by atoms with Gasteiger partial charge in [0.05, 0.1) is 13.2 Å². The molecule has 2 aliphatic rings. The molecule has 0 unspecified atom stereocenters. The van der Waals surface area contributed by atoms with Crippen molar-refractivity contribution in [2.45, 2.75) is 25.0 Å². The Labute approximate surface area is 79.1 Å². The molecule has 1 aliphatic carbocycles. The average molecular weight is 146 g/mol. The molecule has 3 heteroatoms. The number of allylic oxidation sites excluding steroid dienone is 1. The normalized spacial score (nSPS) is 26.9. The van der Waals surface area contributed by atoms with Crippen molar-refractivity contribution in [1.82, 2.24) is 0 Å². The smallest absolute Gasteiger partial charge is 0.439 e. The van der Waals surface area contributed by atoms with Gasteiger partial charge in [0.2, 0.25) is 0 Å². The molecule has 0 N–H and O–H groups in total. The molecule has 1 saturated heterocycles. The third-order valence-electron chi connectivity index (χ3n) is 1.93. The Balaban J connectivity index is 0.000000605. The van der Waals surface area contributed by atoms with Gasteiger partial charge in [-0.2, -0.15) is 0 Å². The molecule has 0 bridgehead atoms. The Morgan fingerprint density at radius 3 is 2.55 bits per heavy atom. The van der Waals surface area contributed by atoms with E-state index >= 15 is 0 Å². The Hall–Kier alpha value is 0.257. The zero-order chi connectivity index (χ0) is 6.86. The van der Waals surface area contributed by atoms with Crippen LogP contribution in [0.3, 0.4) is 0 Å². The van der Waals surface area contributed by atoms with Crippen LogP contribution >= 0.6 is 0 Å². The average Bonchev–Trinajstić information content (AvgIpc) is 2.39. The molecule has 0 radical (unpaired) electrons. The molecule has 1 spiro atoms. The Bertz CT molecular complexity index is 150. The van der Waals surface area contributed by atoms with Crippen LogP contribution in [0, 0.1) is 6.08 Å². The van der Waals surface area contributed by atoms with Crippen molar-refractivity contribution in [2.24, 2.45) is 0 Å². The first kappa shape index (κ1) is 9.35. The fraction of sp³-hybridized carbons (Fsp3) is 0.750. The summed E-state index contributed by atoms with van der Waals surface area (Å²) in [6, 6.07) is 0. The van der Waals surface area contributed by atoms with Crippen LogP contribution in [-0.2, 0) is 9.47 Å². The maximum Gasteiger partial charge on any atom is 1.00 e. The quantitative estimate of drug-likeness (QED) is 0.299. The Morgan fingerprint density at radius 2 is 2.00 bits per heavy atom. The van der Waals surface area contributed by atoms with Gasteiger partial charge in [-0.3, -0.25) is 6.08 Å². The second kappa shape index (κ2) is 3.78. The monoisotopic (exact) mass is 146 g/mol. The first-order valence-corrected chi connectivity index (χ1v) is 3.79. The molecular formula is C8H11LiO2. The van der Waals surface area contributed by atoms with E-state index in [9.17, 15) is 0 Å². The van der Waals surface area contributed by atoms with Crippen LogP contribution in [-0.4, -0.2) is 19.0 Å². The van der Waals surface area contributed by atoms with E-state index in [1.807, 2.05) is 6.08 Å². The summed E-state index contributed by atoms with van der Waals surface area (Å²) in [6.45, 7) is 1.45. The third kappa shape index (κ3) is 1.89. The summed E-state index contributed by atoms with van der Waals surface area (Å²) in [5.41, 5.74) is 0. The maximum atomic E-state index is 5.42. The molecule has 1 aliphatic heterocycles. The third-order valence-corrected chi connectivity index (χ3v) is 1.93. The minimum absolute atomic E-state index is 0. The molecule has 0 saturated carbocycles. The molecule has 2 rings (SSSR count). The molecule has 0 atom stereocenters. The van der Waals surface area contributed by atoms with E-state index in [-0.39, 0.29) is 18.9 Å². The summed E-state index contributed by atoms with van der Waals surface area (Å²) in [5.74, 6) is -0.432. The second-order valence-electron chi connectivity index (χ2n) is 2.69. The van der Waals surface area contributed by atoms with Crippen molar-refractivity contribution in [1.29, 1.82) is 0 Å². The SMILES string of the molecule is [C-]1=CCCCC12OCCO2.[Li+]. The Kier molecular flexibility index (Phi) is 3.21. The fourth-order valence-electron chi connectivity index (χ4n) is 1.42. The van der Waals surface area contributed by atoms with Crippen molar-refractivity contribution in [3.05, 3.63) is 12.2 Å². The van der Waals surface area contributed by atoms with E-state index in [1.54, 1.807) is 0 Å². The minimum Gasteiger partial charge on any atom is -0.439 e. The number of ether oxygens (including phenoxy) is 2.